The normalized spacial score (nSPS) is 41.5. The molecule has 4 aliphatic heterocycles. The van der Waals surface area contributed by atoms with Crippen LogP contribution in [0.5, 0.6) is 0 Å². The molecule has 0 aromatic heterocycles. The van der Waals surface area contributed by atoms with Crippen molar-refractivity contribution in [2.45, 2.75) is 99.3 Å². The van der Waals surface area contributed by atoms with E-state index in [1.54, 1.807) is 0 Å². The summed E-state index contributed by atoms with van der Waals surface area (Å²) >= 11 is 2.39. The predicted molar refractivity (Wildman–Crippen MR) is 126 cm³/mol. The molecule has 0 spiro atoms. The van der Waals surface area contributed by atoms with Gasteiger partial charge in [0.1, 0.15) is 24.4 Å². The molecular weight excluding hydrogens is 543 g/mol. The third-order valence-corrected chi connectivity index (χ3v) is 7.34. The Hall–Kier alpha value is -0.370. The maximum absolute atomic E-state index is 6.53. The quantitative estimate of drug-likeness (QED) is 0.361. The van der Waals surface area contributed by atoms with E-state index in [1.165, 1.54) is 0 Å². The number of hydrogen-bond donors (Lipinski definition) is 0. The van der Waals surface area contributed by atoms with Crippen molar-refractivity contribution in [1.29, 1.82) is 0 Å². The number of ether oxygens (including phenoxy) is 8. The van der Waals surface area contributed by atoms with E-state index in [4.69, 9.17) is 37.9 Å². The zero-order valence-electron chi connectivity index (χ0n) is 19.5. The maximum Gasteiger partial charge on any atom is 0.190 e. The second kappa shape index (κ2) is 9.59. The van der Waals surface area contributed by atoms with Crippen LogP contribution in [-0.2, 0) is 44.5 Å². The fourth-order valence-electron chi connectivity index (χ4n) is 4.79. The van der Waals surface area contributed by atoms with Crippen LogP contribution in [0.4, 0.5) is 0 Å². The molecule has 0 aliphatic carbocycles. The standard InChI is InChI=1S/C24H33IO8/c1-23(2)27-13-17(31-23)18-19(20-22(29-18)33-24(3,4)32-20)30-21-16(25)10-15(28-21)12-26-11-14-8-6-5-7-9-14/h5-9,15-22H,10-13H2,1-4H3/t15-,16-,17?,18+,19-,20+,21+,22+/m0/s1. The van der Waals surface area contributed by atoms with E-state index in [0.29, 0.717) is 19.8 Å². The van der Waals surface area contributed by atoms with Gasteiger partial charge in [0.15, 0.2) is 24.2 Å². The van der Waals surface area contributed by atoms with Crippen molar-refractivity contribution in [1.82, 2.24) is 0 Å². The number of hydrogen-bond acceptors (Lipinski definition) is 8. The van der Waals surface area contributed by atoms with Crippen LogP contribution in [0.25, 0.3) is 0 Å². The van der Waals surface area contributed by atoms with E-state index in [0.717, 1.165) is 12.0 Å². The van der Waals surface area contributed by atoms with Gasteiger partial charge in [-0.1, -0.05) is 52.9 Å². The molecule has 9 heteroatoms. The SMILES string of the molecule is CC1(C)OCC([C@H]2O[C@@H]3OC(C)(C)O[C@@H]3[C@H]2O[C@H]2O[C@H](COCc3ccccc3)C[C@@H]2I)O1. The molecule has 4 aliphatic rings. The Morgan fingerprint density at radius 2 is 1.76 bits per heavy atom. The summed E-state index contributed by atoms with van der Waals surface area (Å²) in [6.45, 7) is 9.07. The van der Waals surface area contributed by atoms with Crippen molar-refractivity contribution >= 4 is 22.6 Å². The Labute approximate surface area is 208 Å². The molecule has 8 atom stereocenters. The molecular formula is C24H33IO8. The topological polar surface area (TPSA) is 73.8 Å². The van der Waals surface area contributed by atoms with Gasteiger partial charge in [0.05, 0.1) is 29.8 Å². The molecule has 4 saturated heterocycles. The second-order valence-corrected chi connectivity index (χ2v) is 11.5. The van der Waals surface area contributed by atoms with Crippen LogP contribution in [-0.4, -0.2) is 71.8 Å². The minimum absolute atomic E-state index is 0.0284. The van der Waals surface area contributed by atoms with Crippen LogP contribution in [0.15, 0.2) is 30.3 Å². The molecule has 33 heavy (non-hydrogen) atoms. The largest absolute Gasteiger partial charge is 0.374 e. The summed E-state index contributed by atoms with van der Waals surface area (Å²) in [4.78, 5) is 0. The number of benzene rings is 1. The van der Waals surface area contributed by atoms with Crippen molar-refractivity contribution in [3.05, 3.63) is 35.9 Å². The van der Waals surface area contributed by atoms with E-state index >= 15 is 0 Å². The van der Waals surface area contributed by atoms with Crippen LogP contribution in [0.1, 0.15) is 39.7 Å². The van der Waals surface area contributed by atoms with Crippen molar-refractivity contribution in [3.8, 4) is 0 Å². The van der Waals surface area contributed by atoms with Gasteiger partial charge < -0.3 is 37.9 Å². The van der Waals surface area contributed by atoms with Gasteiger partial charge in [-0.3, -0.25) is 0 Å². The van der Waals surface area contributed by atoms with Crippen LogP contribution >= 0.6 is 22.6 Å². The van der Waals surface area contributed by atoms with Gasteiger partial charge in [-0.2, -0.15) is 0 Å². The Balaban J connectivity index is 1.21. The summed E-state index contributed by atoms with van der Waals surface area (Å²) in [6, 6.07) is 10.1. The predicted octanol–water partition coefficient (Wildman–Crippen LogP) is 3.53. The molecule has 8 nitrogen and oxygen atoms in total. The highest BCUT2D eigenvalue weighted by molar-refractivity contribution is 14.1. The first-order chi connectivity index (χ1) is 15.7. The lowest BCUT2D eigenvalue weighted by molar-refractivity contribution is -0.253. The fourth-order valence-corrected chi connectivity index (χ4v) is 5.70. The minimum atomic E-state index is -0.734. The molecule has 4 heterocycles. The number of fused-ring (bicyclic) bond motifs is 1. The van der Waals surface area contributed by atoms with Gasteiger partial charge in [0.2, 0.25) is 0 Å². The molecule has 0 N–H and O–H groups in total. The summed E-state index contributed by atoms with van der Waals surface area (Å²) in [5.41, 5.74) is 1.15. The van der Waals surface area contributed by atoms with Crippen LogP contribution in [0.3, 0.4) is 0 Å². The Bertz CT molecular complexity index is 805. The molecule has 184 valence electrons. The van der Waals surface area contributed by atoms with Gasteiger partial charge in [-0.25, -0.2) is 0 Å². The first-order valence-electron chi connectivity index (χ1n) is 11.6. The van der Waals surface area contributed by atoms with Gasteiger partial charge in [-0.15, -0.1) is 0 Å². The first-order valence-corrected chi connectivity index (χ1v) is 12.8. The van der Waals surface area contributed by atoms with Crippen LogP contribution in [0.2, 0.25) is 0 Å². The van der Waals surface area contributed by atoms with Crippen LogP contribution in [0, 0.1) is 0 Å². The van der Waals surface area contributed by atoms with Crippen molar-refractivity contribution < 1.29 is 37.9 Å². The molecule has 1 unspecified atom stereocenters. The lowest BCUT2D eigenvalue weighted by Gasteiger charge is -2.31. The molecule has 1 aromatic carbocycles. The fraction of sp³-hybridized carbons (Fsp3) is 0.750. The average molecular weight is 576 g/mol. The molecule has 0 bridgehead atoms. The highest BCUT2D eigenvalue weighted by atomic mass is 127. The summed E-state index contributed by atoms with van der Waals surface area (Å²) in [7, 11) is 0. The highest BCUT2D eigenvalue weighted by Crippen LogP contribution is 2.43. The summed E-state index contributed by atoms with van der Waals surface area (Å²) < 4.78 is 49.1. The van der Waals surface area contributed by atoms with Gasteiger partial charge >= 0.3 is 0 Å². The zero-order chi connectivity index (χ0) is 23.2. The van der Waals surface area contributed by atoms with Crippen LogP contribution < -0.4 is 0 Å². The monoisotopic (exact) mass is 576 g/mol. The summed E-state index contributed by atoms with van der Waals surface area (Å²) in [6.07, 6.45) is -1.49. The van der Waals surface area contributed by atoms with Crippen molar-refractivity contribution in [2.24, 2.45) is 0 Å². The van der Waals surface area contributed by atoms with E-state index in [-0.39, 0.29) is 28.3 Å². The molecule has 1 aromatic rings. The molecule has 0 radical (unpaired) electrons. The van der Waals surface area contributed by atoms with E-state index in [2.05, 4.69) is 34.7 Å². The Kier molecular flexibility index (Phi) is 7.07. The molecule has 4 fully saturated rings. The third-order valence-electron chi connectivity index (χ3n) is 6.24. The van der Waals surface area contributed by atoms with Gasteiger partial charge in [-0.05, 0) is 39.7 Å². The number of rotatable bonds is 7. The zero-order valence-corrected chi connectivity index (χ0v) is 21.6. The maximum atomic E-state index is 6.53. The Morgan fingerprint density at radius 1 is 0.970 bits per heavy atom. The minimum Gasteiger partial charge on any atom is -0.374 e. The molecule has 0 amide bonds. The molecule has 0 saturated carbocycles. The van der Waals surface area contributed by atoms with E-state index < -0.39 is 30.3 Å². The smallest absolute Gasteiger partial charge is 0.190 e. The van der Waals surface area contributed by atoms with E-state index in [1.807, 2.05) is 45.9 Å². The van der Waals surface area contributed by atoms with Gasteiger partial charge in [0, 0.05) is 0 Å². The lowest BCUT2D eigenvalue weighted by atomic mass is 10.1. The van der Waals surface area contributed by atoms with Gasteiger partial charge in [0.25, 0.3) is 0 Å². The summed E-state index contributed by atoms with van der Waals surface area (Å²) in [5.74, 6) is -1.39. The Morgan fingerprint density at radius 3 is 2.48 bits per heavy atom. The highest BCUT2D eigenvalue weighted by Gasteiger charge is 2.60. The van der Waals surface area contributed by atoms with E-state index in [9.17, 15) is 0 Å². The second-order valence-electron chi connectivity index (χ2n) is 9.92. The number of alkyl halides is 1. The van der Waals surface area contributed by atoms with Crippen molar-refractivity contribution in [2.75, 3.05) is 13.2 Å². The third kappa shape index (κ3) is 5.57. The molecule has 5 rings (SSSR count). The average Bonchev–Trinajstić information content (AvgIpc) is 3.46. The lowest BCUT2D eigenvalue weighted by Crippen LogP contribution is -2.46. The first kappa shape index (κ1) is 24.3. The summed E-state index contributed by atoms with van der Waals surface area (Å²) in [5, 5.41) is 0. The number of halogens is 1. The van der Waals surface area contributed by atoms with Crippen molar-refractivity contribution in [3.63, 3.8) is 0 Å².